The summed E-state index contributed by atoms with van der Waals surface area (Å²) in [7, 11) is 4.24. The Morgan fingerprint density at radius 2 is 1.90 bits per heavy atom. The van der Waals surface area contributed by atoms with Crippen LogP contribution < -0.4 is 11.1 Å². The minimum Gasteiger partial charge on any atom is -0.354 e. The first kappa shape index (κ1) is 16.8. The first-order chi connectivity index (χ1) is 9.70. The second kappa shape index (κ2) is 5.88. The van der Waals surface area contributed by atoms with Crippen LogP contribution >= 0.6 is 0 Å². The third kappa shape index (κ3) is 2.98. The van der Waals surface area contributed by atoms with E-state index < -0.39 is 0 Å². The largest absolute Gasteiger partial charge is 0.354 e. The van der Waals surface area contributed by atoms with Crippen LogP contribution in [0.3, 0.4) is 0 Å². The Morgan fingerprint density at radius 3 is 2.38 bits per heavy atom. The van der Waals surface area contributed by atoms with Crippen molar-refractivity contribution < 1.29 is 4.79 Å². The molecule has 0 heterocycles. The van der Waals surface area contributed by atoms with Gasteiger partial charge in [-0.15, -0.1) is 0 Å². The lowest BCUT2D eigenvalue weighted by Crippen LogP contribution is -2.59. The Bertz CT molecular complexity index is 387. The number of nitrogens with one attached hydrogen (secondary N) is 1. The van der Waals surface area contributed by atoms with E-state index in [0.29, 0.717) is 5.92 Å². The molecule has 0 aromatic heterocycles. The van der Waals surface area contributed by atoms with Crippen molar-refractivity contribution in [2.45, 2.75) is 64.5 Å². The van der Waals surface area contributed by atoms with Gasteiger partial charge in [-0.05, 0) is 57.5 Å². The van der Waals surface area contributed by atoms with E-state index in [-0.39, 0.29) is 28.8 Å². The average molecular weight is 295 g/mol. The first-order valence-electron chi connectivity index (χ1n) is 8.41. The number of carbonyl (C=O) groups is 1. The van der Waals surface area contributed by atoms with Crippen molar-refractivity contribution in [1.82, 2.24) is 10.2 Å². The molecule has 1 amide bonds. The Labute approximate surface area is 129 Å². The summed E-state index contributed by atoms with van der Waals surface area (Å²) in [5.41, 5.74) is 6.36. The molecule has 0 saturated heterocycles. The summed E-state index contributed by atoms with van der Waals surface area (Å²) >= 11 is 0. The molecule has 21 heavy (non-hydrogen) atoms. The second-order valence-corrected chi connectivity index (χ2v) is 8.09. The minimum absolute atomic E-state index is 0.0212. The van der Waals surface area contributed by atoms with Crippen molar-refractivity contribution in [3.63, 3.8) is 0 Å². The third-order valence-electron chi connectivity index (χ3n) is 6.64. The highest BCUT2D eigenvalue weighted by atomic mass is 16.1. The van der Waals surface area contributed by atoms with E-state index in [1.807, 2.05) is 0 Å². The second-order valence-electron chi connectivity index (χ2n) is 8.09. The molecule has 0 aromatic rings. The number of hydrogen-bond acceptors (Lipinski definition) is 3. The highest BCUT2D eigenvalue weighted by molar-refractivity contribution is 5.79. The van der Waals surface area contributed by atoms with Crippen LogP contribution in [0, 0.1) is 17.3 Å². The van der Waals surface area contributed by atoms with Crippen molar-refractivity contribution >= 4 is 5.91 Å². The molecule has 0 spiro atoms. The molecule has 4 heteroatoms. The van der Waals surface area contributed by atoms with Crippen LogP contribution in [0.1, 0.15) is 52.9 Å². The molecule has 0 aromatic carbocycles. The van der Waals surface area contributed by atoms with E-state index in [1.54, 1.807) is 0 Å². The van der Waals surface area contributed by atoms with Crippen molar-refractivity contribution in [3.8, 4) is 0 Å². The van der Waals surface area contributed by atoms with Gasteiger partial charge in [-0.25, -0.2) is 0 Å². The van der Waals surface area contributed by atoms with Gasteiger partial charge in [0, 0.05) is 24.0 Å². The topological polar surface area (TPSA) is 58.4 Å². The molecule has 3 atom stereocenters. The Hall–Kier alpha value is -0.610. The number of amides is 1. The van der Waals surface area contributed by atoms with Gasteiger partial charge in [0.25, 0.3) is 0 Å². The van der Waals surface area contributed by atoms with E-state index >= 15 is 0 Å². The van der Waals surface area contributed by atoms with Gasteiger partial charge in [0.2, 0.25) is 5.91 Å². The Kier molecular flexibility index (Phi) is 4.69. The van der Waals surface area contributed by atoms with Crippen LogP contribution in [0.25, 0.3) is 0 Å². The Morgan fingerprint density at radius 1 is 1.29 bits per heavy atom. The predicted octanol–water partition coefficient (Wildman–Crippen LogP) is 1.99. The monoisotopic (exact) mass is 295 g/mol. The Balaban J connectivity index is 1.97. The zero-order valence-electron chi connectivity index (χ0n) is 14.4. The summed E-state index contributed by atoms with van der Waals surface area (Å²) in [6.45, 7) is 7.38. The molecule has 0 radical (unpaired) electrons. The van der Waals surface area contributed by atoms with Crippen molar-refractivity contribution in [2.24, 2.45) is 23.0 Å². The van der Waals surface area contributed by atoms with Crippen LogP contribution in [0.15, 0.2) is 0 Å². The first-order valence-corrected chi connectivity index (χ1v) is 8.41. The lowest BCUT2D eigenvalue weighted by Gasteiger charge is -2.49. The van der Waals surface area contributed by atoms with Gasteiger partial charge in [-0.1, -0.05) is 20.8 Å². The highest BCUT2D eigenvalue weighted by Gasteiger charge is 2.46. The number of carbonyl (C=O) groups excluding carboxylic acids is 1. The molecule has 0 bridgehead atoms. The lowest BCUT2D eigenvalue weighted by atomic mass is 9.61. The fourth-order valence-corrected chi connectivity index (χ4v) is 4.06. The summed E-state index contributed by atoms with van der Waals surface area (Å²) in [4.78, 5) is 15.0. The standard InChI is InChI=1S/C17H33N3O/c1-12-14(18)8-7-13(16(12,2)3)15(21)19-11-17(20(4)5)9-6-10-17/h12-14H,6-11,18H2,1-5H3,(H,19,21). The van der Waals surface area contributed by atoms with Gasteiger partial charge in [0.1, 0.15) is 0 Å². The fourth-order valence-electron chi connectivity index (χ4n) is 4.06. The molecule has 2 aliphatic rings. The normalized spacial score (nSPS) is 34.3. The van der Waals surface area contributed by atoms with Crippen molar-refractivity contribution in [1.29, 1.82) is 0 Å². The van der Waals surface area contributed by atoms with E-state index in [4.69, 9.17) is 5.73 Å². The number of nitrogens with zero attached hydrogens (tertiary/aromatic N) is 1. The molecular weight excluding hydrogens is 262 g/mol. The minimum atomic E-state index is -0.0212. The zero-order chi connectivity index (χ0) is 15.8. The molecule has 0 aliphatic heterocycles. The number of likely N-dealkylation sites (N-methyl/N-ethyl adjacent to an activating group) is 1. The smallest absolute Gasteiger partial charge is 0.223 e. The number of nitrogens with two attached hydrogens (primary N) is 1. The number of rotatable bonds is 4. The molecule has 2 rings (SSSR count). The van der Waals surface area contributed by atoms with Gasteiger partial charge in [0.05, 0.1) is 0 Å². The fraction of sp³-hybridized carbons (Fsp3) is 0.941. The van der Waals surface area contributed by atoms with Gasteiger partial charge in [-0.2, -0.15) is 0 Å². The van der Waals surface area contributed by atoms with E-state index in [1.165, 1.54) is 19.3 Å². The van der Waals surface area contributed by atoms with Crippen LogP contribution in [0.5, 0.6) is 0 Å². The van der Waals surface area contributed by atoms with Crippen LogP contribution in [-0.2, 0) is 4.79 Å². The predicted molar refractivity (Wildman–Crippen MR) is 86.9 cm³/mol. The van der Waals surface area contributed by atoms with Crippen LogP contribution in [0.4, 0.5) is 0 Å². The average Bonchev–Trinajstić information content (AvgIpc) is 2.34. The summed E-state index contributed by atoms with van der Waals surface area (Å²) in [6.07, 6.45) is 5.53. The van der Waals surface area contributed by atoms with Crippen molar-refractivity contribution in [2.75, 3.05) is 20.6 Å². The van der Waals surface area contributed by atoms with Gasteiger partial charge in [0.15, 0.2) is 0 Å². The third-order valence-corrected chi connectivity index (χ3v) is 6.64. The lowest BCUT2D eigenvalue weighted by molar-refractivity contribution is -0.133. The summed E-state index contributed by atoms with van der Waals surface area (Å²) in [5, 5.41) is 3.25. The van der Waals surface area contributed by atoms with Crippen molar-refractivity contribution in [3.05, 3.63) is 0 Å². The zero-order valence-corrected chi connectivity index (χ0v) is 14.4. The summed E-state index contributed by atoms with van der Waals surface area (Å²) in [6, 6.07) is 0.226. The molecule has 3 unspecified atom stereocenters. The maximum Gasteiger partial charge on any atom is 0.223 e. The highest BCUT2D eigenvalue weighted by Crippen LogP contribution is 2.44. The molecule has 122 valence electrons. The number of hydrogen-bond donors (Lipinski definition) is 2. The maximum absolute atomic E-state index is 12.7. The molecule has 4 nitrogen and oxygen atoms in total. The maximum atomic E-state index is 12.7. The molecule has 2 saturated carbocycles. The molecular formula is C17H33N3O. The molecule has 2 fully saturated rings. The van der Waals surface area contributed by atoms with E-state index in [0.717, 1.165) is 19.4 Å². The molecule has 3 N–H and O–H groups in total. The summed E-state index contributed by atoms with van der Waals surface area (Å²) < 4.78 is 0. The van der Waals surface area contributed by atoms with Gasteiger partial charge >= 0.3 is 0 Å². The van der Waals surface area contributed by atoms with Gasteiger partial charge in [-0.3, -0.25) is 4.79 Å². The molecule has 2 aliphatic carbocycles. The van der Waals surface area contributed by atoms with E-state index in [9.17, 15) is 4.79 Å². The van der Waals surface area contributed by atoms with E-state index in [2.05, 4.69) is 45.1 Å². The SMILES string of the molecule is CC1C(N)CCC(C(=O)NCC2(N(C)C)CCC2)C1(C)C. The quantitative estimate of drug-likeness (QED) is 0.834. The van der Waals surface area contributed by atoms with Crippen LogP contribution in [-0.4, -0.2) is 43.0 Å². The summed E-state index contributed by atoms with van der Waals surface area (Å²) in [5.74, 6) is 0.701. The van der Waals surface area contributed by atoms with Gasteiger partial charge < -0.3 is 16.0 Å². The van der Waals surface area contributed by atoms with Crippen LogP contribution in [0.2, 0.25) is 0 Å².